The average Bonchev–Trinajstić information content (AvgIpc) is 2.51. The van der Waals surface area contributed by atoms with Crippen molar-refractivity contribution in [2.24, 2.45) is 11.3 Å². The van der Waals surface area contributed by atoms with Gasteiger partial charge in [-0.3, -0.25) is 0 Å². The Balaban J connectivity index is 1.94. The Labute approximate surface area is 143 Å². The van der Waals surface area contributed by atoms with Gasteiger partial charge in [0.1, 0.15) is 0 Å². The topological polar surface area (TPSA) is 0 Å². The predicted octanol–water partition coefficient (Wildman–Crippen LogP) is 6.95. The van der Waals surface area contributed by atoms with Crippen LogP contribution in [0.4, 0.5) is 0 Å². The highest BCUT2D eigenvalue weighted by molar-refractivity contribution is 5.34. The van der Waals surface area contributed by atoms with Gasteiger partial charge in [-0.25, -0.2) is 0 Å². The monoisotopic (exact) mass is 310 g/mol. The van der Waals surface area contributed by atoms with E-state index in [0.29, 0.717) is 5.41 Å². The molecule has 0 nitrogen and oxygen atoms in total. The summed E-state index contributed by atoms with van der Waals surface area (Å²) in [5, 5.41) is 0. The van der Waals surface area contributed by atoms with Gasteiger partial charge in [0.25, 0.3) is 0 Å². The Kier molecular flexibility index (Phi) is 5.89. The van der Waals surface area contributed by atoms with E-state index in [-0.39, 0.29) is 0 Å². The molecule has 0 radical (unpaired) electrons. The summed E-state index contributed by atoms with van der Waals surface area (Å²) >= 11 is 0. The second kappa shape index (κ2) is 7.51. The third-order valence-electron chi connectivity index (χ3n) is 6.05. The molecule has 1 saturated carbocycles. The molecule has 2 rings (SSSR count). The minimum absolute atomic E-state index is 0.330. The van der Waals surface area contributed by atoms with Crippen LogP contribution in [-0.2, 0) is 6.42 Å². The molecular formula is C23H34. The molecule has 1 aromatic rings. The molecule has 1 aliphatic carbocycles. The fourth-order valence-corrected chi connectivity index (χ4v) is 3.91. The molecule has 0 spiro atoms. The van der Waals surface area contributed by atoms with Crippen LogP contribution in [0.2, 0.25) is 0 Å². The van der Waals surface area contributed by atoms with Crippen LogP contribution in [0.15, 0.2) is 42.5 Å². The Morgan fingerprint density at radius 1 is 1.17 bits per heavy atom. The molecule has 0 N–H and O–H groups in total. The first-order valence-corrected chi connectivity index (χ1v) is 9.25. The smallest absolute Gasteiger partial charge is 0.00639 e. The molecule has 0 heteroatoms. The molecule has 0 atom stereocenters. The van der Waals surface area contributed by atoms with Crippen molar-refractivity contribution in [1.29, 1.82) is 0 Å². The zero-order valence-corrected chi connectivity index (χ0v) is 15.7. The average molecular weight is 311 g/mol. The third-order valence-corrected chi connectivity index (χ3v) is 6.05. The van der Waals surface area contributed by atoms with Gasteiger partial charge in [-0.05, 0) is 74.8 Å². The van der Waals surface area contributed by atoms with E-state index in [1.165, 1.54) is 59.9 Å². The van der Waals surface area contributed by atoms with Crippen LogP contribution in [-0.4, -0.2) is 0 Å². The van der Waals surface area contributed by atoms with Crippen LogP contribution in [0.5, 0.6) is 0 Å². The lowest BCUT2D eigenvalue weighted by Gasteiger charge is -2.39. The first kappa shape index (κ1) is 18.0. The lowest BCUT2D eigenvalue weighted by molar-refractivity contribution is 0.203. The maximum Gasteiger partial charge on any atom is -0.00639 e. The largest absolute Gasteiger partial charge is 0.0992 e. The van der Waals surface area contributed by atoms with Crippen molar-refractivity contribution < 1.29 is 0 Å². The molecule has 1 fully saturated rings. The molecule has 126 valence electrons. The van der Waals surface area contributed by atoms with E-state index in [0.717, 1.165) is 18.8 Å². The first-order chi connectivity index (χ1) is 10.8. The molecular weight excluding hydrogens is 276 g/mol. The summed E-state index contributed by atoms with van der Waals surface area (Å²) in [4.78, 5) is 0. The SMILES string of the molecule is C=C(CC(=C)C1(C)CCC(CC)CC1)Cc1cc(C)ccc1C. The molecule has 1 aromatic carbocycles. The highest BCUT2D eigenvalue weighted by Crippen LogP contribution is 2.46. The van der Waals surface area contributed by atoms with Gasteiger partial charge >= 0.3 is 0 Å². The molecule has 0 aromatic heterocycles. The molecule has 1 aliphatic rings. The van der Waals surface area contributed by atoms with Crippen LogP contribution in [0, 0.1) is 25.2 Å². The van der Waals surface area contributed by atoms with Gasteiger partial charge in [0.15, 0.2) is 0 Å². The highest BCUT2D eigenvalue weighted by Gasteiger charge is 2.32. The summed E-state index contributed by atoms with van der Waals surface area (Å²) in [6.45, 7) is 17.9. The zero-order valence-electron chi connectivity index (χ0n) is 15.7. The summed E-state index contributed by atoms with van der Waals surface area (Å²) in [6.07, 6.45) is 8.66. The number of hydrogen-bond donors (Lipinski definition) is 0. The van der Waals surface area contributed by atoms with Crippen molar-refractivity contribution in [2.75, 3.05) is 0 Å². The van der Waals surface area contributed by atoms with Gasteiger partial charge in [-0.2, -0.15) is 0 Å². The van der Waals surface area contributed by atoms with E-state index in [9.17, 15) is 0 Å². The third kappa shape index (κ3) is 4.59. The lowest BCUT2D eigenvalue weighted by atomic mass is 9.66. The second-order valence-electron chi connectivity index (χ2n) is 8.05. The van der Waals surface area contributed by atoms with E-state index in [1.807, 2.05) is 0 Å². The fourth-order valence-electron chi connectivity index (χ4n) is 3.91. The van der Waals surface area contributed by atoms with Gasteiger partial charge in [-0.1, -0.05) is 68.3 Å². The standard InChI is InChI=1S/C23H34/c1-7-21-10-12-23(6,13-11-21)20(5)14-18(3)16-22-15-17(2)8-9-19(22)4/h8-9,15,21H,3,5,7,10-14,16H2,1-2,4,6H3. The summed E-state index contributed by atoms with van der Waals surface area (Å²) in [6, 6.07) is 6.71. The number of hydrogen-bond acceptors (Lipinski definition) is 0. The molecule has 0 amide bonds. The summed E-state index contributed by atoms with van der Waals surface area (Å²) in [7, 11) is 0. The molecule has 0 heterocycles. The molecule has 23 heavy (non-hydrogen) atoms. The normalized spacial score (nSPS) is 24.4. The molecule has 0 unspecified atom stereocenters. The Morgan fingerprint density at radius 2 is 1.83 bits per heavy atom. The minimum atomic E-state index is 0.330. The predicted molar refractivity (Wildman–Crippen MR) is 103 cm³/mol. The van der Waals surface area contributed by atoms with Crippen molar-refractivity contribution >= 4 is 0 Å². The summed E-state index contributed by atoms with van der Waals surface area (Å²) in [5.41, 5.74) is 7.17. The zero-order chi connectivity index (χ0) is 17.0. The van der Waals surface area contributed by atoms with Crippen LogP contribution < -0.4 is 0 Å². The van der Waals surface area contributed by atoms with E-state index in [4.69, 9.17) is 0 Å². The van der Waals surface area contributed by atoms with Crippen molar-refractivity contribution in [2.45, 2.75) is 72.6 Å². The van der Waals surface area contributed by atoms with E-state index >= 15 is 0 Å². The summed E-state index contributed by atoms with van der Waals surface area (Å²) < 4.78 is 0. The maximum atomic E-state index is 4.46. The minimum Gasteiger partial charge on any atom is -0.0992 e. The number of benzene rings is 1. The molecule has 0 aliphatic heterocycles. The van der Waals surface area contributed by atoms with Gasteiger partial charge in [0.05, 0.1) is 0 Å². The number of rotatable bonds is 6. The fraction of sp³-hybridized carbons (Fsp3) is 0.565. The Hall–Kier alpha value is -1.30. The Morgan fingerprint density at radius 3 is 2.43 bits per heavy atom. The van der Waals surface area contributed by atoms with Crippen LogP contribution in [0.3, 0.4) is 0 Å². The van der Waals surface area contributed by atoms with Crippen molar-refractivity contribution in [3.63, 3.8) is 0 Å². The quantitative estimate of drug-likeness (QED) is 0.498. The second-order valence-corrected chi connectivity index (χ2v) is 8.05. The van der Waals surface area contributed by atoms with Crippen molar-refractivity contribution in [1.82, 2.24) is 0 Å². The molecule has 0 bridgehead atoms. The van der Waals surface area contributed by atoms with Crippen molar-refractivity contribution in [3.05, 3.63) is 59.2 Å². The van der Waals surface area contributed by atoms with Gasteiger partial charge in [-0.15, -0.1) is 0 Å². The van der Waals surface area contributed by atoms with E-state index in [2.05, 4.69) is 59.1 Å². The highest BCUT2D eigenvalue weighted by atomic mass is 14.4. The van der Waals surface area contributed by atoms with Crippen LogP contribution in [0.25, 0.3) is 0 Å². The van der Waals surface area contributed by atoms with Crippen LogP contribution in [0.1, 0.15) is 69.1 Å². The summed E-state index contributed by atoms with van der Waals surface area (Å²) in [5.74, 6) is 0.939. The first-order valence-electron chi connectivity index (χ1n) is 9.25. The number of aryl methyl sites for hydroxylation is 2. The van der Waals surface area contributed by atoms with E-state index in [1.54, 1.807) is 0 Å². The maximum absolute atomic E-state index is 4.46. The number of allylic oxidation sites excluding steroid dienone is 2. The van der Waals surface area contributed by atoms with Crippen molar-refractivity contribution in [3.8, 4) is 0 Å². The van der Waals surface area contributed by atoms with Gasteiger partial charge < -0.3 is 0 Å². The van der Waals surface area contributed by atoms with E-state index < -0.39 is 0 Å². The Bertz CT molecular complexity index is 568. The van der Waals surface area contributed by atoms with Gasteiger partial charge in [0.2, 0.25) is 0 Å². The molecule has 0 saturated heterocycles. The van der Waals surface area contributed by atoms with Gasteiger partial charge in [0, 0.05) is 0 Å². The van der Waals surface area contributed by atoms with Crippen LogP contribution >= 0.6 is 0 Å². The lowest BCUT2D eigenvalue weighted by Crippen LogP contribution is -2.26.